The van der Waals surface area contributed by atoms with E-state index >= 15 is 0 Å². The molecule has 0 fully saturated rings. The van der Waals surface area contributed by atoms with Gasteiger partial charge in [-0.3, -0.25) is 0 Å². The van der Waals surface area contributed by atoms with Crippen LogP contribution in [0.2, 0.25) is 0 Å². The van der Waals surface area contributed by atoms with Gasteiger partial charge in [0.25, 0.3) is 0 Å². The van der Waals surface area contributed by atoms with E-state index in [2.05, 4.69) is 11.2 Å². The number of allylic oxidation sites excluding steroid dienone is 1. The van der Waals surface area contributed by atoms with Crippen molar-refractivity contribution in [3.63, 3.8) is 0 Å². The monoisotopic (exact) mass is 398 g/mol. The van der Waals surface area contributed by atoms with Gasteiger partial charge in [-0.1, -0.05) is 30.3 Å². The molecule has 2 N–H and O–H groups in total. The van der Waals surface area contributed by atoms with Crippen molar-refractivity contribution in [2.45, 2.75) is 25.2 Å². The minimum Gasteiger partial charge on any atom is -0.452 e. The Labute approximate surface area is 165 Å². The molecule has 0 bridgehead atoms. The first-order valence-electron chi connectivity index (χ1n) is 8.94. The van der Waals surface area contributed by atoms with Crippen LogP contribution in [0.15, 0.2) is 71.2 Å². The van der Waals surface area contributed by atoms with Crippen LogP contribution < -0.4 is 10.7 Å². The highest BCUT2D eigenvalue weighted by molar-refractivity contribution is 5.90. The van der Waals surface area contributed by atoms with E-state index < -0.39 is 23.9 Å². The van der Waals surface area contributed by atoms with E-state index in [4.69, 9.17) is 10.5 Å². The van der Waals surface area contributed by atoms with E-state index in [9.17, 15) is 18.4 Å². The summed E-state index contributed by atoms with van der Waals surface area (Å²) in [5.41, 5.74) is 7.54. The van der Waals surface area contributed by atoms with Crippen molar-refractivity contribution in [3.05, 3.63) is 77.2 Å². The molecule has 0 spiro atoms. The molecule has 0 unspecified atom stereocenters. The number of ether oxygens (including phenoxy) is 1. The first-order chi connectivity index (χ1) is 13.8. The first kappa shape index (κ1) is 18.9. The van der Waals surface area contributed by atoms with E-state index in [1.807, 2.05) is 37.3 Å². The van der Waals surface area contributed by atoms with Crippen LogP contribution in [0.4, 0.5) is 18.9 Å². The second kappa shape index (κ2) is 6.85. The number of fused-ring (bicyclic) bond motifs is 1. The second-order valence-electron chi connectivity index (χ2n) is 6.94. The van der Waals surface area contributed by atoms with Crippen molar-refractivity contribution in [3.8, 4) is 6.07 Å². The molecule has 2 aromatic rings. The van der Waals surface area contributed by atoms with E-state index in [0.717, 1.165) is 17.8 Å². The topological polar surface area (TPSA) is 74.6 Å². The van der Waals surface area contributed by atoms with Crippen LogP contribution in [0.1, 0.15) is 24.0 Å². The zero-order chi connectivity index (χ0) is 20.8. The van der Waals surface area contributed by atoms with Gasteiger partial charge in [0.2, 0.25) is 12.1 Å². The smallest absolute Gasteiger partial charge is 0.416 e. The maximum atomic E-state index is 13.0. The average molecular weight is 398 g/mol. The maximum Gasteiger partial charge on any atom is 0.416 e. The summed E-state index contributed by atoms with van der Waals surface area (Å²) in [6, 6.07) is 16.2. The van der Waals surface area contributed by atoms with Crippen LogP contribution in [-0.2, 0) is 10.9 Å². The SMILES string of the molecule is CC1=NN(c2ccccc2)[C@@H]2OC(N)=C(C#N)[C@H](c3ccc(C(F)(F)F)cc3)[C@H]12. The number of hydrogen-bond acceptors (Lipinski definition) is 5. The van der Waals surface area contributed by atoms with Gasteiger partial charge in [0, 0.05) is 11.6 Å². The number of benzene rings is 2. The van der Waals surface area contributed by atoms with Crippen molar-refractivity contribution in [2.24, 2.45) is 16.8 Å². The first-order valence-corrected chi connectivity index (χ1v) is 8.94. The number of rotatable bonds is 2. The number of hydrogen-bond donors (Lipinski definition) is 1. The number of nitrogens with zero attached hydrogens (tertiary/aromatic N) is 3. The van der Waals surface area contributed by atoms with Gasteiger partial charge in [0.15, 0.2) is 0 Å². The van der Waals surface area contributed by atoms with Crippen LogP contribution in [0.3, 0.4) is 0 Å². The lowest BCUT2D eigenvalue weighted by Gasteiger charge is -2.37. The Morgan fingerprint density at radius 1 is 1.10 bits per heavy atom. The van der Waals surface area contributed by atoms with Crippen LogP contribution in [-0.4, -0.2) is 11.9 Å². The minimum atomic E-state index is -4.43. The Morgan fingerprint density at radius 3 is 2.34 bits per heavy atom. The number of hydrazone groups is 1. The van der Waals surface area contributed by atoms with Gasteiger partial charge in [-0.25, -0.2) is 5.01 Å². The maximum absolute atomic E-state index is 13.0. The van der Waals surface area contributed by atoms with Crippen LogP contribution in [0.5, 0.6) is 0 Å². The molecule has 2 aliphatic heterocycles. The fourth-order valence-electron chi connectivity index (χ4n) is 3.87. The molecular formula is C21H17F3N4O. The molecule has 2 aromatic carbocycles. The lowest BCUT2D eigenvalue weighted by Crippen LogP contribution is -2.43. The molecule has 0 saturated carbocycles. The van der Waals surface area contributed by atoms with E-state index in [1.54, 1.807) is 5.01 Å². The molecule has 0 saturated heterocycles. The fourth-order valence-corrected chi connectivity index (χ4v) is 3.87. The van der Waals surface area contributed by atoms with E-state index in [0.29, 0.717) is 11.3 Å². The highest BCUT2D eigenvalue weighted by Crippen LogP contribution is 2.46. The average Bonchev–Trinajstić information content (AvgIpc) is 3.03. The number of anilines is 1. The minimum absolute atomic E-state index is 0.0375. The number of nitrogens with two attached hydrogens (primary N) is 1. The number of alkyl halides is 3. The molecule has 8 heteroatoms. The predicted molar refractivity (Wildman–Crippen MR) is 101 cm³/mol. The lowest BCUT2D eigenvalue weighted by molar-refractivity contribution is -0.137. The summed E-state index contributed by atoms with van der Waals surface area (Å²) in [4.78, 5) is 0. The molecule has 0 aliphatic carbocycles. The van der Waals surface area contributed by atoms with Gasteiger partial charge in [-0.2, -0.15) is 23.5 Å². The fraction of sp³-hybridized carbons (Fsp3) is 0.238. The van der Waals surface area contributed by atoms with Crippen molar-refractivity contribution in [1.29, 1.82) is 5.26 Å². The Hall–Kier alpha value is -3.47. The Kier molecular flexibility index (Phi) is 4.46. The van der Waals surface area contributed by atoms with Crippen molar-refractivity contribution >= 4 is 11.4 Å². The summed E-state index contributed by atoms with van der Waals surface area (Å²) in [6.45, 7) is 1.82. The van der Waals surface area contributed by atoms with Crippen molar-refractivity contribution < 1.29 is 17.9 Å². The molecule has 2 aliphatic rings. The molecule has 0 aromatic heterocycles. The molecular weight excluding hydrogens is 381 g/mol. The molecule has 0 amide bonds. The molecule has 0 radical (unpaired) electrons. The van der Waals surface area contributed by atoms with Crippen LogP contribution >= 0.6 is 0 Å². The van der Waals surface area contributed by atoms with E-state index in [1.165, 1.54) is 12.1 Å². The Morgan fingerprint density at radius 2 is 1.76 bits per heavy atom. The quantitative estimate of drug-likeness (QED) is 0.816. The van der Waals surface area contributed by atoms with Gasteiger partial charge in [-0.05, 0) is 36.8 Å². The number of halogens is 3. The van der Waals surface area contributed by atoms with Gasteiger partial charge in [-0.15, -0.1) is 0 Å². The lowest BCUT2D eigenvalue weighted by atomic mass is 9.76. The predicted octanol–water partition coefficient (Wildman–Crippen LogP) is 4.35. The molecule has 5 nitrogen and oxygen atoms in total. The highest BCUT2D eigenvalue weighted by Gasteiger charge is 2.49. The summed E-state index contributed by atoms with van der Waals surface area (Å²) in [6.07, 6.45) is -5.03. The Balaban J connectivity index is 1.78. The third kappa shape index (κ3) is 3.18. The van der Waals surface area contributed by atoms with Crippen LogP contribution in [0, 0.1) is 17.2 Å². The van der Waals surface area contributed by atoms with Gasteiger partial charge >= 0.3 is 6.18 Å². The summed E-state index contributed by atoms with van der Waals surface area (Å²) in [7, 11) is 0. The van der Waals surface area contributed by atoms with Gasteiger partial charge < -0.3 is 10.5 Å². The zero-order valence-electron chi connectivity index (χ0n) is 15.4. The number of para-hydroxylation sites is 1. The van der Waals surface area contributed by atoms with Crippen molar-refractivity contribution in [2.75, 3.05) is 5.01 Å². The standard InChI is InChI=1S/C21H17F3N4O/c1-12-17-18(13-7-9-14(10-8-13)21(22,23)24)16(11-25)19(26)29-20(17)28(27-12)15-5-3-2-4-6-15/h2-10,17-18,20H,26H2,1H3/t17-,18-,20+/m0/s1. The van der Waals surface area contributed by atoms with Gasteiger partial charge in [0.1, 0.15) is 6.07 Å². The number of nitriles is 1. The van der Waals surface area contributed by atoms with Crippen LogP contribution in [0.25, 0.3) is 0 Å². The molecule has 148 valence electrons. The Bertz CT molecular complexity index is 1020. The van der Waals surface area contributed by atoms with E-state index in [-0.39, 0.29) is 17.4 Å². The normalized spacial score (nSPS) is 23.9. The molecule has 4 rings (SSSR count). The largest absolute Gasteiger partial charge is 0.452 e. The molecule has 2 heterocycles. The highest BCUT2D eigenvalue weighted by atomic mass is 19.4. The van der Waals surface area contributed by atoms with Crippen molar-refractivity contribution in [1.82, 2.24) is 0 Å². The third-order valence-corrected chi connectivity index (χ3v) is 5.22. The zero-order valence-corrected chi connectivity index (χ0v) is 15.4. The second-order valence-corrected chi connectivity index (χ2v) is 6.94. The van der Waals surface area contributed by atoms with Gasteiger partial charge in [0.05, 0.1) is 22.7 Å². The molecule has 29 heavy (non-hydrogen) atoms. The summed E-state index contributed by atoms with van der Waals surface area (Å²) >= 11 is 0. The summed E-state index contributed by atoms with van der Waals surface area (Å²) in [5, 5.41) is 15.9. The molecule has 3 atom stereocenters. The summed E-state index contributed by atoms with van der Waals surface area (Å²) < 4.78 is 44.7. The summed E-state index contributed by atoms with van der Waals surface area (Å²) in [5.74, 6) is -0.961. The third-order valence-electron chi connectivity index (χ3n) is 5.22.